The van der Waals surface area contributed by atoms with Crippen LogP contribution in [0.25, 0.3) is 0 Å². The van der Waals surface area contributed by atoms with Crippen LogP contribution in [0.3, 0.4) is 0 Å². The summed E-state index contributed by atoms with van der Waals surface area (Å²) in [5.41, 5.74) is 1.08. The highest BCUT2D eigenvalue weighted by Gasteiger charge is 2.24. The van der Waals surface area contributed by atoms with Crippen molar-refractivity contribution in [2.45, 2.75) is 58.6 Å². The normalized spacial score (nSPS) is 20.9. The molecule has 0 bridgehead atoms. The van der Waals surface area contributed by atoms with Crippen LogP contribution in [0, 0.1) is 0 Å². The zero-order chi connectivity index (χ0) is 12.3. The van der Waals surface area contributed by atoms with E-state index in [1.165, 1.54) is 25.7 Å². The molecule has 17 heavy (non-hydrogen) atoms. The Labute approximate surface area is 107 Å². The largest absolute Gasteiger partial charge is 0.391 e. The van der Waals surface area contributed by atoms with E-state index in [2.05, 4.69) is 18.7 Å². The average Bonchev–Trinajstić information content (AvgIpc) is 2.81. The summed E-state index contributed by atoms with van der Waals surface area (Å²) < 4.78 is 0. The standard InChI is InChI=1S/C13H22N2OS/c1-3-10-7-5-6-8-15(10)13-14-11(4-2)12(9-16)17-13/h10,16H,3-9H2,1-2H3. The minimum absolute atomic E-state index is 0.130. The zero-order valence-corrected chi connectivity index (χ0v) is 11.6. The second-order valence-corrected chi connectivity index (χ2v) is 5.69. The van der Waals surface area contributed by atoms with Gasteiger partial charge in [-0.05, 0) is 32.1 Å². The molecule has 0 aromatic carbocycles. The topological polar surface area (TPSA) is 36.4 Å². The summed E-state index contributed by atoms with van der Waals surface area (Å²) in [5, 5.41) is 10.5. The van der Waals surface area contributed by atoms with Crippen LogP contribution < -0.4 is 4.90 Å². The van der Waals surface area contributed by atoms with Gasteiger partial charge in [-0.3, -0.25) is 0 Å². The Bertz CT molecular complexity index is 343. The molecule has 96 valence electrons. The predicted molar refractivity (Wildman–Crippen MR) is 72.7 cm³/mol. The van der Waals surface area contributed by atoms with Crippen LogP contribution in [-0.4, -0.2) is 22.7 Å². The molecule has 3 nitrogen and oxygen atoms in total. The van der Waals surface area contributed by atoms with Gasteiger partial charge < -0.3 is 10.0 Å². The summed E-state index contributed by atoms with van der Waals surface area (Å²) in [6, 6.07) is 0.645. The van der Waals surface area contributed by atoms with Gasteiger partial charge in [-0.15, -0.1) is 0 Å². The highest BCUT2D eigenvalue weighted by molar-refractivity contribution is 7.15. The molecular weight excluding hydrogens is 232 g/mol. The van der Waals surface area contributed by atoms with Gasteiger partial charge in [-0.2, -0.15) is 0 Å². The molecule has 0 radical (unpaired) electrons. The van der Waals surface area contributed by atoms with E-state index in [1.807, 2.05) is 0 Å². The highest BCUT2D eigenvalue weighted by atomic mass is 32.1. The van der Waals surface area contributed by atoms with Crippen molar-refractivity contribution < 1.29 is 5.11 Å². The Morgan fingerprint density at radius 3 is 2.82 bits per heavy atom. The number of piperidine rings is 1. The van der Waals surface area contributed by atoms with Crippen LogP contribution in [0.4, 0.5) is 5.13 Å². The number of aryl methyl sites for hydroxylation is 1. The number of aliphatic hydroxyl groups is 1. The van der Waals surface area contributed by atoms with Crippen molar-refractivity contribution in [2.75, 3.05) is 11.4 Å². The maximum atomic E-state index is 9.34. The molecule has 1 aromatic rings. The lowest BCUT2D eigenvalue weighted by atomic mass is 10.0. The van der Waals surface area contributed by atoms with Crippen LogP contribution in [-0.2, 0) is 13.0 Å². The number of aromatic nitrogens is 1. The van der Waals surface area contributed by atoms with Crippen molar-refractivity contribution in [3.63, 3.8) is 0 Å². The summed E-state index contributed by atoms with van der Waals surface area (Å²) >= 11 is 1.67. The molecule has 1 atom stereocenters. The number of hydrogen-bond acceptors (Lipinski definition) is 4. The summed E-state index contributed by atoms with van der Waals surface area (Å²) in [6.07, 6.45) is 6.00. The van der Waals surface area contributed by atoms with Gasteiger partial charge >= 0.3 is 0 Å². The quantitative estimate of drug-likeness (QED) is 0.897. The Balaban J connectivity index is 2.22. The second kappa shape index (κ2) is 5.83. The molecule has 2 rings (SSSR count). The Morgan fingerprint density at radius 1 is 1.41 bits per heavy atom. The molecule has 1 aromatic heterocycles. The van der Waals surface area contributed by atoms with E-state index < -0.39 is 0 Å². The van der Waals surface area contributed by atoms with E-state index in [4.69, 9.17) is 4.98 Å². The van der Waals surface area contributed by atoms with Crippen molar-refractivity contribution in [3.8, 4) is 0 Å². The SMILES string of the molecule is CCc1nc(N2CCCCC2CC)sc1CO. The van der Waals surface area contributed by atoms with E-state index in [1.54, 1.807) is 11.3 Å². The predicted octanol–water partition coefficient (Wildman–Crippen LogP) is 2.97. The third kappa shape index (κ3) is 2.63. The van der Waals surface area contributed by atoms with Crippen LogP contribution in [0.2, 0.25) is 0 Å². The highest BCUT2D eigenvalue weighted by Crippen LogP contribution is 2.32. The molecule has 1 saturated heterocycles. The molecule has 0 saturated carbocycles. The van der Waals surface area contributed by atoms with Crippen molar-refractivity contribution in [3.05, 3.63) is 10.6 Å². The average molecular weight is 254 g/mol. The van der Waals surface area contributed by atoms with Gasteiger partial charge in [0.2, 0.25) is 0 Å². The smallest absolute Gasteiger partial charge is 0.186 e. The summed E-state index contributed by atoms with van der Waals surface area (Å²) in [6.45, 7) is 5.61. The van der Waals surface area contributed by atoms with E-state index in [0.29, 0.717) is 6.04 Å². The molecule has 1 aliphatic rings. The van der Waals surface area contributed by atoms with Gasteiger partial charge in [0.05, 0.1) is 17.2 Å². The fraction of sp³-hybridized carbons (Fsp3) is 0.769. The molecule has 0 aliphatic carbocycles. The molecule has 2 heterocycles. The van der Waals surface area contributed by atoms with Gasteiger partial charge in [-0.1, -0.05) is 25.2 Å². The Hall–Kier alpha value is -0.610. The first-order chi connectivity index (χ1) is 8.30. The lowest BCUT2D eigenvalue weighted by molar-refractivity contribution is 0.284. The van der Waals surface area contributed by atoms with Gasteiger partial charge in [0.25, 0.3) is 0 Å². The maximum absolute atomic E-state index is 9.34. The fourth-order valence-electron chi connectivity index (χ4n) is 2.57. The first kappa shape index (κ1) is 12.8. The van der Waals surface area contributed by atoms with Crippen molar-refractivity contribution in [1.82, 2.24) is 4.98 Å². The van der Waals surface area contributed by atoms with Crippen molar-refractivity contribution in [2.24, 2.45) is 0 Å². The number of thiazole rings is 1. The Kier molecular flexibility index (Phi) is 4.40. The minimum atomic E-state index is 0.130. The summed E-state index contributed by atoms with van der Waals surface area (Å²) in [7, 11) is 0. The van der Waals surface area contributed by atoms with Gasteiger partial charge in [0.15, 0.2) is 5.13 Å². The van der Waals surface area contributed by atoms with Crippen molar-refractivity contribution >= 4 is 16.5 Å². The Morgan fingerprint density at radius 2 is 2.24 bits per heavy atom. The first-order valence-electron chi connectivity index (χ1n) is 6.66. The number of aliphatic hydroxyl groups excluding tert-OH is 1. The summed E-state index contributed by atoms with van der Waals surface area (Å²) in [4.78, 5) is 8.20. The van der Waals surface area contributed by atoms with Crippen LogP contribution in [0.15, 0.2) is 0 Å². The fourth-order valence-corrected chi connectivity index (χ4v) is 3.68. The van der Waals surface area contributed by atoms with E-state index in [9.17, 15) is 5.11 Å². The van der Waals surface area contributed by atoms with Crippen LogP contribution >= 0.6 is 11.3 Å². The van der Waals surface area contributed by atoms with Gasteiger partial charge in [0.1, 0.15) is 0 Å². The second-order valence-electron chi connectivity index (χ2n) is 4.63. The monoisotopic (exact) mass is 254 g/mol. The number of nitrogens with zero attached hydrogens (tertiary/aromatic N) is 2. The summed E-state index contributed by atoms with van der Waals surface area (Å²) in [5.74, 6) is 0. The molecule has 0 spiro atoms. The third-order valence-corrected chi connectivity index (χ3v) is 4.71. The first-order valence-corrected chi connectivity index (χ1v) is 7.47. The third-order valence-electron chi connectivity index (χ3n) is 3.59. The van der Waals surface area contributed by atoms with E-state index in [0.717, 1.165) is 28.7 Å². The molecule has 1 N–H and O–H groups in total. The number of anilines is 1. The molecule has 1 unspecified atom stereocenters. The molecular formula is C13H22N2OS. The van der Waals surface area contributed by atoms with Gasteiger partial charge in [-0.25, -0.2) is 4.98 Å². The van der Waals surface area contributed by atoms with Crippen LogP contribution in [0.1, 0.15) is 50.1 Å². The lowest BCUT2D eigenvalue weighted by Gasteiger charge is -2.35. The molecule has 4 heteroatoms. The van der Waals surface area contributed by atoms with Gasteiger partial charge in [0, 0.05) is 12.6 Å². The molecule has 1 aliphatic heterocycles. The molecule has 1 fully saturated rings. The number of rotatable bonds is 4. The zero-order valence-electron chi connectivity index (χ0n) is 10.8. The number of hydrogen-bond donors (Lipinski definition) is 1. The minimum Gasteiger partial charge on any atom is -0.391 e. The maximum Gasteiger partial charge on any atom is 0.186 e. The lowest BCUT2D eigenvalue weighted by Crippen LogP contribution is -2.39. The molecule has 0 amide bonds. The van der Waals surface area contributed by atoms with Crippen molar-refractivity contribution in [1.29, 1.82) is 0 Å². The van der Waals surface area contributed by atoms with E-state index in [-0.39, 0.29) is 6.61 Å². The van der Waals surface area contributed by atoms with E-state index >= 15 is 0 Å². The van der Waals surface area contributed by atoms with Crippen LogP contribution in [0.5, 0.6) is 0 Å².